The van der Waals surface area contributed by atoms with Crippen LogP contribution in [0.2, 0.25) is 0 Å². The summed E-state index contributed by atoms with van der Waals surface area (Å²) < 4.78 is 24.0. The van der Waals surface area contributed by atoms with Crippen LogP contribution in [0.1, 0.15) is 18.1 Å². The van der Waals surface area contributed by atoms with Crippen LogP contribution in [0, 0.1) is 12.7 Å². The molecule has 0 saturated heterocycles. The number of rotatable bonds is 5. The molecule has 0 aliphatic carbocycles. The standard InChI is InChI=1S/C12H18FNOS/c1-9-6-12(13)5-4-11(9)8-14-7-10(2)16(3)15/h4-6,10,14H,7-8H2,1-3H3. The molecule has 0 radical (unpaired) electrons. The summed E-state index contributed by atoms with van der Waals surface area (Å²) in [6.07, 6.45) is 1.70. The van der Waals surface area contributed by atoms with Gasteiger partial charge in [0.15, 0.2) is 0 Å². The maximum absolute atomic E-state index is 12.8. The van der Waals surface area contributed by atoms with Gasteiger partial charge in [-0.05, 0) is 37.1 Å². The van der Waals surface area contributed by atoms with Crippen LogP contribution in [0.3, 0.4) is 0 Å². The molecule has 0 aliphatic heterocycles. The highest BCUT2D eigenvalue weighted by Gasteiger charge is 2.05. The van der Waals surface area contributed by atoms with Crippen molar-refractivity contribution in [2.24, 2.45) is 0 Å². The van der Waals surface area contributed by atoms with Gasteiger partial charge >= 0.3 is 0 Å². The first-order chi connectivity index (χ1) is 7.50. The lowest BCUT2D eigenvalue weighted by Crippen LogP contribution is -2.27. The van der Waals surface area contributed by atoms with Crippen molar-refractivity contribution in [3.8, 4) is 0 Å². The SMILES string of the molecule is Cc1cc(F)ccc1CNCC(C)S(C)=O. The van der Waals surface area contributed by atoms with Gasteiger partial charge in [-0.3, -0.25) is 4.21 Å². The van der Waals surface area contributed by atoms with Gasteiger partial charge in [-0.25, -0.2) is 4.39 Å². The second kappa shape index (κ2) is 6.11. The van der Waals surface area contributed by atoms with Crippen LogP contribution >= 0.6 is 0 Å². The third-order valence-electron chi connectivity index (χ3n) is 2.62. The summed E-state index contributed by atoms with van der Waals surface area (Å²) in [6.45, 7) is 5.23. The van der Waals surface area contributed by atoms with Crippen molar-refractivity contribution in [2.45, 2.75) is 25.6 Å². The quantitative estimate of drug-likeness (QED) is 0.857. The van der Waals surface area contributed by atoms with Gasteiger partial charge in [0.05, 0.1) is 0 Å². The first-order valence-electron chi connectivity index (χ1n) is 5.28. The molecule has 1 aromatic rings. The smallest absolute Gasteiger partial charge is 0.123 e. The van der Waals surface area contributed by atoms with Crippen LogP contribution in [-0.4, -0.2) is 22.3 Å². The molecule has 2 nitrogen and oxygen atoms in total. The number of halogens is 1. The number of nitrogens with one attached hydrogen (secondary N) is 1. The lowest BCUT2D eigenvalue weighted by Gasteiger charge is -2.11. The minimum atomic E-state index is -0.800. The largest absolute Gasteiger partial charge is 0.311 e. The molecule has 1 aromatic carbocycles. The van der Waals surface area contributed by atoms with E-state index in [0.717, 1.165) is 11.1 Å². The topological polar surface area (TPSA) is 29.1 Å². The van der Waals surface area contributed by atoms with Gasteiger partial charge in [0.25, 0.3) is 0 Å². The maximum atomic E-state index is 12.8. The Morgan fingerprint density at radius 1 is 1.50 bits per heavy atom. The highest BCUT2D eigenvalue weighted by atomic mass is 32.2. The Balaban J connectivity index is 2.46. The first-order valence-corrected chi connectivity index (χ1v) is 6.91. The van der Waals surface area contributed by atoms with Crippen molar-refractivity contribution in [1.29, 1.82) is 0 Å². The monoisotopic (exact) mass is 243 g/mol. The molecule has 0 aliphatic rings. The van der Waals surface area contributed by atoms with Crippen LogP contribution in [0.5, 0.6) is 0 Å². The highest BCUT2D eigenvalue weighted by Crippen LogP contribution is 2.09. The van der Waals surface area contributed by atoms with Crippen LogP contribution < -0.4 is 5.32 Å². The third kappa shape index (κ3) is 4.02. The van der Waals surface area contributed by atoms with Crippen molar-refractivity contribution in [3.63, 3.8) is 0 Å². The van der Waals surface area contributed by atoms with E-state index in [1.165, 1.54) is 12.1 Å². The average molecular weight is 243 g/mol. The Morgan fingerprint density at radius 3 is 2.75 bits per heavy atom. The Hall–Kier alpha value is -0.740. The minimum absolute atomic E-state index is 0.140. The van der Waals surface area contributed by atoms with Gasteiger partial charge in [-0.2, -0.15) is 0 Å². The summed E-state index contributed by atoms with van der Waals surface area (Å²) >= 11 is 0. The first kappa shape index (κ1) is 13.3. The van der Waals surface area contributed by atoms with Gasteiger partial charge in [0.2, 0.25) is 0 Å². The number of hydrogen-bond donors (Lipinski definition) is 1. The lowest BCUT2D eigenvalue weighted by molar-refractivity contribution is 0.621. The van der Waals surface area contributed by atoms with E-state index in [9.17, 15) is 8.60 Å². The highest BCUT2D eigenvalue weighted by molar-refractivity contribution is 7.84. The Kier molecular flexibility index (Phi) is 5.09. The summed E-state index contributed by atoms with van der Waals surface area (Å²) in [5.41, 5.74) is 2.02. The van der Waals surface area contributed by atoms with Crippen molar-refractivity contribution in [3.05, 3.63) is 35.1 Å². The van der Waals surface area contributed by atoms with Gasteiger partial charge in [0, 0.05) is 35.4 Å². The summed E-state index contributed by atoms with van der Waals surface area (Å²) in [5.74, 6) is -0.204. The minimum Gasteiger partial charge on any atom is -0.311 e. The van der Waals surface area contributed by atoms with Crippen LogP contribution in [0.4, 0.5) is 4.39 Å². The van der Waals surface area contributed by atoms with Crippen molar-refractivity contribution in [2.75, 3.05) is 12.8 Å². The van der Waals surface area contributed by atoms with Gasteiger partial charge in [-0.15, -0.1) is 0 Å². The fourth-order valence-electron chi connectivity index (χ4n) is 1.39. The van der Waals surface area contributed by atoms with E-state index < -0.39 is 10.8 Å². The van der Waals surface area contributed by atoms with E-state index in [1.54, 1.807) is 12.3 Å². The van der Waals surface area contributed by atoms with Crippen molar-refractivity contribution >= 4 is 10.8 Å². The summed E-state index contributed by atoms with van der Waals surface area (Å²) in [5, 5.41) is 3.37. The van der Waals surface area contributed by atoms with Gasteiger partial charge < -0.3 is 5.32 Å². The molecule has 0 heterocycles. The maximum Gasteiger partial charge on any atom is 0.123 e. The zero-order chi connectivity index (χ0) is 12.1. The zero-order valence-corrected chi connectivity index (χ0v) is 10.7. The number of benzene rings is 1. The second-order valence-corrected chi connectivity index (χ2v) is 5.81. The Morgan fingerprint density at radius 2 is 2.19 bits per heavy atom. The molecule has 4 heteroatoms. The summed E-state index contributed by atoms with van der Waals surface area (Å²) in [6, 6.07) is 4.77. The van der Waals surface area contributed by atoms with Crippen LogP contribution in [-0.2, 0) is 17.3 Å². The molecule has 90 valence electrons. The van der Waals surface area contributed by atoms with E-state index in [0.29, 0.717) is 13.1 Å². The molecular formula is C12H18FNOS. The molecule has 0 spiro atoms. The Labute approximate surface area is 98.7 Å². The molecule has 2 unspecified atom stereocenters. The lowest BCUT2D eigenvalue weighted by atomic mass is 10.1. The summed E-state index contributed by atoms with van der Waals surface area (Å²) in [7, 11) is -0.800. The van der Waals surface area contributed by atoms with Gasteiger partial charge in [-0.1, -0.05) is 6.07 Å². The normalized spacial score (nSPS) is 14.8. The molecular weight excluding hydrogens is 225 g/mol. The molecule has 1 rings (SSSR count). The van der Waals surface area contributed by atoms with E-state index in [2.05, 4.69) is 5.32 Å². The van der Waals surface area contributed by atoms with E-state index in [4.69, 9.17) is 0 Å². The second-order valence-electron chi connectivity index (χ2n) is 4.01. The number of hydrogen-bond acceptors (Lipinski definition) is 2. The van der Waals surface area contributed by atoms with E-state index in [-0.39, 0.29) is 11.1 Å². The summed E-state index contributed by atoms with van der Waals surface area (Å²) in [4.78, 5) is 0. The zero-order valence-electron chi connectivity index (χ0n) is 9.92. The molecule has 16 heavy (non-hydrogen) atoms. The fraction of sp³-hybridized carbons (Fsp3) is 0.500. The number of aryl methyl sites for hydroxylation is 1. The van der Waals surface area contributed by atoms with E-state index >= 15 is 0 Å². The van der Waals surface area contributed by atoms with Crippen molar-refractivity contribution < 1.29 is 8.60 Å². The predicted octanol–water partition coefficient (Wildman–Crippen LogP) is 1.99. The molecule has 0 bridgehead atoms. The molecule has 0 fully saturated rings. The molecule has 0 saturated carbocycles. The van der Waals surface area contributed by atoms with Crippen LogP contribution in [0.15, 0.2) is 18.2 Å². The molecule has 0 amide bonds. The van der Waals surface area contributed by atoms with Crippen LogP contribution in [0.25, 0.3) is 0 Å². The van der Waals surface area contributed by atoms with Gasteiger partial charge in [0.1, 0.15) is 5.82 Å². The predicted molar refractivity (Wildman–Crippen MR) is 66.4 cm³/mol. The van der Waals surface area contributed by atoms with Crippen molar-refractivity contribution in [1.82, 2.24) is 5.32 Å². The molecule has 2 atom stereocenters. The van der Waals surface area contributed by atoms with E-state index in [1.807, 2.05) is 13.8 Å². The molecule has 0 aromatic heterocycles. The average Bonchev–Trinajstić information content (AvgIpc) is 2.20. The molecule has 1 N–H and O–H groups in total. The third-order valence-corrected chi connectivity index (χ3v) is 3.92. The Bertz CT molecular complexity index is 381. The fourth-order valence-corrected chi connectivity index (χ4v) is 1.74.